The van der Waals surface area contributed by atoms with E-state index >= 15 is 0 Å². The van der Waals surface area contributed by atoms with E-state index in [0.717, 1.165) is 58.1 Å². The Morgan fingerprint density at radius 2 is 1.93 bits per heavy atom. The molecule has 0 unspecified atom stereocenters. The number of hydrogen-bond donors (Lipinski definition) is 1. The average Bonchev–Trinajstić information content (AvgIpc) is 3.19. The van der Waals surface area contributed by atoms with E-state index in [1.54, 1.807) is 6.07 Å². The number of piperidine rings is 1. The number of nitrogens with one attached hydrogen (secondary N) is 1. The molecule has 0 aliphatic carbocycles. The van der Waals surface area contributed by atoms with Gasteiger partial charge in [-0.05, 0) is 75.8 Å². The van der Waals surface area contributed by atoms with Gasteiger partial charge in [0.05, 0.1) is 5.56 Å². The largest absolute Gasteiger partial charge is 0.416 e. The molecule has 0 saturated carbocycles. The fraction of sp³-hybridized carbons (Fsp3) is 0.696. The Bertz CT molecular complexity index is 687. The van der Waals surface area contributed by atoms with Gasteiger partial charge < -0.3 is 5.32 Å². The first-order valence-corrected chi connectivity index (χ1v) is 11.2. The van der Waals surface area contributed by atoms with Crippen LogP contribution in [0.15, 0.2) is 24.3 Å². The van der Waals surface area contributed by atoms with Crippen molar-refractivity contribution in [2.24, 2.45) is 5.92 Å². The molecular weight excluding hydrogens is 391 g/mol. The SMILES string of the molecule is CCN1CCC[C@@H]1CNC(=O)CCC1CCN(Cc2cccc(C(F)(F)F)c2)CC1. The van der Waals surface area contributed by atoms with Crippen LogP contribution in [0, 0.1) is 5.92 Å². The molecule has 1 amide bonds. The molecule has 7 heteroatoms. The van der Waals surface area contributed by atoms with Gasteiger partial charge in [0.25, 0.3) is 0 Å². The Hall–Kier alpha value is -1.60. The van der Waals surface area contributed by atoms with Crippen LogP contribution in [-0.4, -0.2) is 54.5 Å². The van der Waals surface area contributed by atoms with Gasteiger partial charge in [0.1, 0.15) is 0 Å². The summed E-state index contributed by atoms with van der Waals surface area (Å²) in [6, 6.07) is 6.09. The number of alkyl halides is 3. The van der Waals surface area contributed by atoms with Gasteiger partial charge in [0.2, 0.25) is 5.91 Å². The summed E-state index contributed by atoms with van der Waals surface area (Å²) in [6.07, 6.45) is 1.54. The molecule has 0 radical (unpaired) electrons. The zero-order valence-corrected chi connectivity index (χ0v) is 17.9. The summed E-state index contributed by atoms with van der Waals surface area (Å²) in [5.41, 5.74) is 0.122. The van der Waals surface area contributed by atoms with E-state index in [-0.39, 0.29) is 5.91 Å². The van der Waals surface area contributed by atoms with E-state index in [1.807, 2.05) is 0 Å². The molecular formula is C23H34F3N3O. The molecule has 168 valence electrons. The summed E-state index contributed by atoms with van der Waals surface area (Å²) >= 11 is 0. The van der Waals surface area contributed by atoms with E-state index < -0.39 is 11.7 Å². The average molecular weight is 426 g/mol. The summed E-state index contributed by atoms with van der Waals surface area (Å²) in [7, 11) is 0. The lowest BCUT2D eigenvalue weighted by Crippen LogP contribution is -2.40. The first-order chi connectivity index (χ1) is 14.3. The zero-order chi connectivity index (χ0) is 21.6. The maximum Gasteiger partial charge on any atom is 0.416 e. The van der Waals surface area contributed by atoms with Crippen LogP contribution in [0.3, 0.4) is 0 Å². The second kappa shape index (κ2) is 10.6. The Kier molecular flexibility index (Phi) is 8.17. The van der Waals surface area contributed by atoms with E-state index in [0.29, 0.717) is 30.5 Å². The van der Waals surface area contributed by atoms with Crippen molar-refractivity contribution >= 4 is 5.91 Å². The standard InChI is InChI=1S/C23H34F3N3O/c1-2-29-12-4-7-21(29)16-27-22(30)9-8-18-10-13-28(14-11-18)17-19-5-3-6-20(15-19)23(24,25)26/h3,5-6,15,18,21H,2,4,7-14,16-17H2,1H3,(H,27,30)/t21-/m1/s1. The van der Waals surface area contributed by atoms with Crippen LogP contribution < -0.4 is 5.32 Å². The van der Waals surface area contributed by atoms with Crippen LogP contribution in [-0.2, 0) is 17.5 Å². The highest BCUT2D eigenvalue weighted by Gasteiger charge is 2.30. The van der Waals surface area contributed by atoms with Gasteiger partial charge in [-0.3, -0.25) is 14.6 Å². The maximum atomic E-state index is 12.9. The van der Waals surface area contributed by atoms with Crippen molar-refractivity contribution in [2.45, 2.75) is 64.2 Å². The molecule has 0 spiro atoms. The van der Waals surface area contributed by atoms with Crippen molar-refractivity contribution < 1.29 is 18.0 Å². The normalized spacial score (nSPS) is 21.8. The summed E-state index contributed by atoms with van der Waals surface area (Å²) < 4.78 is 38.6. The van der Waals surface area contributed by atoms with Gasteiger partial charge in [-0.25, -0.2) is 0 Å². The summed E-state index contributed by atoms with van der Waals surface area (Å²) in [5, 5.41) is 3.10. The lowest BCUT2D eigenvalue weighted by molar-refractivity contribution is -0.137. The molecule has 4 nitrogen and oxygen atoms in total. The van der Waals surface area contributed by atoms with E-state index in [2.05, 4.69) is 22.0 Å². The molecule has 30 heavy (non-hydrogen) atoms. The van der Waals surface area contributed by atoms with Crippen molar-refractivity contribution in [1.82, 2.24) is 15.1 Å². The summed E-state index contributed by atoms with van der Waals surface area (Å²) in [5.74, 6) is 0.663. The highest BCUT2D eigenvalue weighted by molar-refractivity contribution is 5.75. The number of carbonyl (C=O) groups is 1. The number of rotatable bonds is 8. The number of hydrogen-bond acceptors (Lipinski definition) is 3. The number of halogens is 3. The monoisotopic (exact) mass is 425 g/mol. The van der Waals surface area contributed by atoms with E-state index in [4.69, 9.17) is 0 Å². The predicted octanol–water partition coefficient (Wildman–Crippen LogP) is 4.30. The highest BCUT2D eigenvalue weighted by atomic mass is 19.4. The van der Waals surface area contributed by atoms with Crippen molar-refractivity contribution in [2.75, 3.05) is 32.7 Å². The number of likely N-dealkylation sites (N-methyl/N-ethyl adjacent to an activating group) is 1. The van der Waals surface area contributed by atoms with Gasteiger partial charge in [-0.2, -0.15) is 13.2 Å². The Balaban J connectivity index is 1.34. The topological polar surface area (TPSA) is 35.6 Å². The third-order valence-corrected chi connectivity index (χ3v) is 6.59. The van der Waals surface area contributed by atoms with Gasteiger partial charge in [0.15, 0.2) is 0 Å². The van der Waals surface area contributed by atoms with Crippen molar-refractivity contribution in [3.8, 4) is 0 Å². The Morgan fingerprint density at radius 1 is 1.17 bits per heavy atom. The quantitative estimate of drug-likeness (QED) is 0.675. The molecule has 1 aromatic carbocycles. The van der Waals surface area contributed by atoms with Crippen LogP contribution >= 0.6 is 0 Å². The molecule has 2 saturated heterocycles. The third-order valence-electron chi connectivity index (χ3n) is 6.59. The molecule has 2 aliphatic rings. The van der Waals surface area contributed by atoms with Crippen molar-refractivity contribution in [1.29, 1.82) is 0 Å². The number of benzene rings is 1. The van der Waals surface area contributed by atoms with Gasteiger partial charge in [0, 0.05) is 25.6 Å². The minimum absolute atomic E-state index is 0.143. The molecule has 2 aliphatic heterocycles. The van der Waals surface area contributed by atoms with Crippen LogP contribution in [0.1, 0.15) is 56.6 Å². The van der Waals surface area contributed by atoms with Crippen LogP contribution in [0.4, 0.5) is 13.2 Å². The second-order valence-electron chi connectivity index (χ2n) is 8.69. The molecule has 3 rings (SSSR count). The minimum Gasteiger partial charge on any atom is -0.355 e. The van der Waals surface area contributed by atoms with E-state index in [9.17, 15) is 18.0 Å². The molecule has 1 aromatic rings. The molecule has 2 fully saturated rings. The van der Waals surface area contributed by atoms with Crippen LogP contribution in [0.5, 0.6) is 0 Å². The maximum absolute atomic E-state index is 12.9. The minimum atomic E-state index is -4.30. The molecule has 0 aromatic heterocycles. The molecule has 0 bridgehead atoms. The first-order valence-electron chi connectivity index (χ1n) is 11.2. The second-order valence-corrected chi connectivity index (χ2v) is 8.69. The smallest absolute Gasteiger partial charge is 0.355 e. The van der Waals surface area contributed by atoms with Crippen LogP contribution in [0.2, 0.25) is 0 Å². The number of nitrogens with zero attached hydrogens (tertiary/aromatic N) is 2. The fourth-order valence-corrected chi connectivity index (χ4v) is 4.74. The van der Waals surface area contributed by atoms with Gasteiger partial charge in [-0.1, -0.05) is 25.1 Å². The molecule has 1 N–H and O–H groups in total. The fourth-order valence-electron chi connectivity index (χ4n) is 4.74. The first kappa shape index (κ1) is 23.1. The molecule has 2 heterocycles. The number of likely N-dealkylation sites (tertiary alicyclic amines) is 2. The van der Waals surface area contributed by atoms with Crippen molar-refractivity contribution in [3.63, 3.8) is 0 Å². The lowest BCUT2D eigenvalue weighted by atomic mass is 9.91. The number of amides is 1. The molecule has 1 atom stereocenters. The Labute approximate surface area is 177 Å². The summed E-state index contributed by atoms with van der Waals surface area (Å²) in [4.78, 5) is 16.9. The van der Waals surface area contributed by atoms with E-state index in [1.165, 1.54) is 25.0 Å². The van der Waals surface area contributed by atoms with Crippen molar-refractivity contribution in [3.05, 3.63) is 35.4 Å². The van der Waals surface area contributed by atoms with Gasteiger partial charge in [-0.15, -0.1) is 0 Å². The summed E-state index contributed by atoms with van der Waals surface area (Å²) in [6.45, 7) is 7.38. The zero-order valence-electron chi connectivity index (χ0n) is 17.9. The lowest BCUT2D eigenvalue weighted by Gasteiger charge is -2.32. The van der Waals surface area contributed by atoms with Gasteiger partial charge >= 0.3 is 6.18 Å². The third kappa shape index (κ3) is 6.71. The predicted molar refractivity (Wildman–Crippen MR) is 112 cm³/mol. The highest BCUT2D eigenvalue weighted by Crippen LogP contribution is 2.30. The Morgan fingerprint density at radius 3 is 2.63 bits per heavy atom. The van der Waals surface area contributed by atoms with Crippen LogP contribution in [0.25, 0.3) is 0 Å². The number of carbonyl (C=O) groups excluding carboxylic acids is 1.